The fraction of sp³-hybridized carbons (Fsp3) is 0.571. The van der Waals surface area contributed by atoms with Crippen LogP contribution in [0.1, 0.15) is 58.3 Å². The van der Waals surface area contributed by atoms with Crippen LogP contribution in [0.25, 0.3) is 0 Å². The van der Waals surface area contributed by atoms with E-state index < -0.39 is 12.2 Å². The van der Waals surface area contributed by atoms with Gasteiger partial charge in [0.2, 0.25) is 0 Å². The van der Waals surface area contributed by atoms with Gasteiger partial charge in [0.1, 0.15) is 0 Å². The standard InChI is InChI=1S/C21H34O4/c1-3-4-5-6-7-10-14-19(22)15-11-8-9-12-16-20(23)17-13-18-21(24)25-2/h6-9,11-12,15-16,19-20,22-23H,3-5,10,13-14,17-18H2,1-2H3/b7-6-,9-8+,15-11+,16-12-. The highest BCUT2D eigenvalue weighted by molar-refractivity contribution is 5.68. The first-order valence-corrected chi connectivity index (χ1v) is 9.19. The minimum atomic E-state index is -0.566. The Morgan fingerprint density at radius 2 is 1.52 bits per heavy atom. The van der Waals surface area contributed by atoms with Crippen molar-refractivity contribution in [1.82, 2.24) is 0 Å². The first-order valence-electron chi connectivity index (χ1n) is 9.19. The van der Waals surface area contributed by atoms with Crippen LogP contribution in [0.15, 0.2) is 48.6 Å². The molecule has 2 atom stereocenters. The maximum atomic E-state index is 10.9. The number of hydrogen-bond donors (Lipinski definition) is 2. The van der Waals surface area contributed by atoms with E-state index in [1.807, 2.05) is 6.08 Å². The summed E-state index contributed by atoms with van der Waals surface area (Å²) in [6.07, 6.45) is 20.5. The van der Waals surface area contributed by atoms with Gasteiger partial charge in [0.25, 0.3) is 0 Å². The summed E-state index contributed by atoms with van der Waals surface area (Å²) in [4.78, 5) is 10.9. The van der Waals surface area contributed by atoms with Gasteiger partial charge in [0.05, 0.1) is 19.3 Å². The highest BCUT2D eigenvalue weighted by atomic mass is 16.5. The molecule has 0 rings (SSSR count). The van der Waals surface area contributed by atoms with Crippen LogP contribution >= 0.6 is 0 Å². The second-order valence-electron chi connectivity index (χ2n) is 5.95. The monoisotopic (exact) mass is 350 g/mol. The number of hydrogen-bond acceptors (Lipinski definition) is 4. The third-order valence-corrected chi connectivity index (χ3v) is 3.63. The molecule has 0 aliphatic rings. The molecule has 25 heavy (non-hydrogen) atoms. The summed E-state index contributed by atoms with van der Waals surface area (Å²) in [5, 5.41) is 19.5. The zero-order chi connectivity index (χ0) is 18.8. The van der Waals surface area contributed by atoms with E-state index in [0.717, 1.165) is 19.3 Å². The smallest absolute Gasteiger partial charge is 0.305 e. The van der Waals surface area contributed by atoms with E-state index in [2.05, 4.69) is 23.8 Å². The zero-order valence-corrected chi connectivity index (χ0v) is 15.6. The van der Waals surface area contributed by atoms with Crippen molar-refractivity contribution in [2.45, 2.75) is 70.5 Å². The topological polar surface area (TPSA) is 66.8 Å². The Hall–Kier alpha value is -1.65. The largest absolute Gasteiger partial charge is 0.469 e. The summed E-state index contributed by atoms with van der Waals surface area (Å²) >= 11 is 0. The van der Waals surface area contributed by atoms with Crippen LogP contribution in [-0.4, -0.2) is 35.5 Å². The SMILES string of the molecule is CCCC/C=C\CCC(O)/C=C/C=C/C=C\C(O)CCCC(=O)OC. The van der Waals surface area contributed by atoms with Crippen LogP contribution in [0.5, 0.6) is 0 Å². The second-order valence-corrected chi connectivity index (χ2v) is 5.95. The number of carbonyl (C=O) groups excluding carboxylic acids is 1. The summed E-state index contributed by atoms with van der Waals surface area (Å²) in [6, 6.07) is 0. The Balaban J connectivity index is 3.81. The van der Waals surface area contributed by atoms with Crippen molar-refractivity contribution in [3.05, 3.63) is 48.6 Å². The van der Waals surface area contributed by atoms with Crippen molar-refractivity contribution in [3.63, 3.8) is 0 Å². The number of rotatable bonds is 14. The zero-order valence-electron chi connectivity index (χ0n) is 15.6. The number of unbranched alkanes of at least 4 members (excludes halogenated alkanes) is 2. The van der Waals surface area contributed by atoms with Crippen molar-refractivity contribution in [1.29, 1.82) is 0 Å². The van der Waals surface area contributed by atoms with Gasteiger partial charge < -0.3 is 14.9 Å². The van der Waals surface area contributed by atoms with Crippen molar-refractivity contribution < 1.29 is 19.7 Å². The summed E-state index contributed by atoms with van der Waals surface area (Å²) in [7, 11) is 1.36. The highest BCUT2D eigenvalue weighted by Crippen LogP contribution is 2.04. The van der Waals surface area contributed by atoms with Gasteiger partial charge in [-0.3, -0.25) is 4.79 Å². The van der Waals surface area contributed by atoms with E-state index in [1.54, 1.807) is 30.4 Å². The Labute approximate surface area is 152 Å². The molecule has 0 spiro atoms. The van der Waals surface area contributed by atoms with E-state index >= 15 is 0 Å². The van der Waals surface area contributed by atoms with Gasteiger partial charge in [0.15, 0.2) is 0 Å². The third-order valence-electron chi connectivity index (χ3n) is 3.63. The van der Waals surface area contributed by atoms with Crippen molar-refractivity contribution in [3.8, 4) is 0 Å². The molecule has 4 heteroatoms. The summed E-state index contributed by atoms with van der Waals surface area (Å²) < 4.78 is 4.54. The quantitative estimate of drug-likeness (QED) is 0.213. The lowest BCUT2D eigenvalue weighted by molar-refractivity contribution is -0.140. The van der Waals surface area contributed by atoms with E-state index in [-0.39, 0.29) is 5.97 Å². The first kappa shape index (κ1) is 23.4. The van der Waals surface area contributed by atoms with Crippen LogP contribution in [0.2, 0.25) is 0 Å². The fourth-order valence-electron chi connectivity index (χ4n) is 2.09. The van der Waals surface area contributed by atoms with Gasteiger partial charge in [-0.25, -0.2) is 0 Å². The van der Waals surface area contributed by atoms with Gasteiger partial charge in [-0.1, -0.05) is 68.4 Å². The van der Waals surface area contributed by atoms with Crippen LogP contribution in [0, 0.1) is 0 Å². The summed E-state index contributed by atoms with van der Waals surface area (Å²) in [5.74, 6) is -0.253. The van der Waals surface area contributed by atoms with Gasteiger partial charge >= 0.3 is 5.97 Å². The second kappa shape index (κ2) is 17.2. The van der Waals surface area contributed by atoms with Crippen LogP contribution in [-0.2, 0) is 9.53 Å². The number of aliphatic hydroxyl groups excluding tert-OH is 2. The molecule has 0 saturated heterocycles. The number of ether oxygens (including phenoxy) is 1. The predicted molar refractivity (Wildman–Crippen MR) is 103 cm³/mol. The molecule has 0 aliphatic carbocycles. The number of esters is 1. The van der Waals surface area contributed by atoms with Crippen LogP contribution < -0.4 is 0 Å². The minimum Gasteiger partial charge on any atom is -0.469 e. The molecule has 4 nitrogen and oxygen atoms in total. The van der Waals surface area contributed by atoms with Crippen molar-refractivity contribution in [2.24, 2.45) is 0 Å². The summed E-state index contributed by atoms with van der Waals surface area (Å²) in [5.41, 5.74) is 0. The molecule has 0 aromatic rings. The molecule has 2 N–H and O–H groups in total. The minimum absolute atomic E-state index is 0.253. The number of carbonyl (C=O) groups is 1. The Kier molecular flexibility index (Phi) is 16.0. The van der Waals surface area contributed by atoms with E-state index in [0.29, 0.717) is 19.3 Å². The molecule has 0 fully saturated rings. The lowest BCUT2D eigenvalue weighted by Crippen LogP contribution is -2.05. The van der Waals surface area contributed by atoms with E-state index in [4.69, 9.17) is 0 Å². The molecule has 142 valence electrons. The average Bonchev–Trinajstić information content (AvgIpc) is 2.60. The molecular formula is C21H34O4. The van der Waals surface area contributed by atoms with E-state index in [1.165, 1.54) is 20.0 Å². The molecule has 0 aromatic carbocycles. The normalized spacial score (nSPS) is 14.9. The molecule has 2 unspecified atom stereocenters. The number of aliphatic hydroxyl groups is 2. The van der Waals surface area contributed by atoms with Gasteiger partial charge in [-0.05, 0) is 32.1 Å². The molecule has 0 aromatic heterocycles. The third kappa shape index (κ3) is 17.0. The Morgan fingerprint density at radius 3 is 2.12 bits per heavy atom. The number of allylic oxidation sites excluding steroid dienone is 6. The number of methoxy groups -OCH3 is 1. The van der Waals surface area contributed by atoms with E-state index in [9.17, 15) is 15.0 Å². The lowest BCUT2D eigenvalue weighted by Gasteiger charge is -2.03. The predicted octanol–water partition coefficient (Wildman–Crippen LogP) is 4.25. The average molecular weight is 350 g/mol. The van der Waals surface area contributed by atoms with Crippen molar-refractivity contribution >= 4 is 5.97 Å². The van der Waals surface area contributed by atoms with Crippen molar-refractivity contribution in [2.75, 3.05) is 7.11 Å². The molecule has 0 aliphatic heterocycles. The maximum absolute atomic E-state index is 10.9. The van der Waals surface area contributed by atoms with Crippen LogP contribution in [0.3, 0.4) is 0 Å². The molecular weight excluding hydrogens is 316 g/mol. The molecule has 0 amide bonds. The Bertz CT molecular complexity index is 435. The molecule has 0 heterocycles. The first-order chi connectivity index (χ1) is 12.1. The van der Waals surface area contributed by atoms with Gasteiger partial charge in [-0.2, -0.15) is 0 Å². The lowest BCUT2D eigenvalue weighted by atomic mass is 10.1. The Morgan fingerprint density at radius 1 is 0.920 bits per heavy atom. The fourth-order valence-corrected chi connectivity index (χ4v) is 2.09. The van der Waals surface area contributed by atoms with Gasteiger partial charge in [-0.15, -0.1) is 0 Å². The highest BCUT2D eigenvalue weighted by Gasteiger charge is 2.03. The summed E-state index contributed by atoms with van der Waals surface area (Å²) in [6.45, 7) is 2.18. The molecule has 0 radical (unpaired) electrons. The molecule has 0 saturated carbocycles. The maximum Gasteiger partial charge on any atom is 0.305 e. The molecule has 0 bridgehead atoms. The van der Waals surface area contributed by atoms with Gasteiger partial charge in [0, 0.05) is 6.42 Å². The van der Waals surface area contributed by atoms with Crippen LogP contribution in [0.4, 0.5) is 0 Å².